The van der Waals surface area contributed by atoms with Crippen molar-refractivity contribution in [1.82, 2.24) is 10.2 Å². The molecule has 0 radical (unpaired) electrons. The quantitative estimate of drug-likeness (QED) is 0.832. The summed E-state index contributed by atoms with van der Waals surface area (Å²) in [5.74, 6) is 1.82. The maximum absolute atomic E-state index is 11.5. The molecule has 0 fully saturated rings. The van der Waals surface area contributed by atoms with E-state index in [2.05, 4.69) is 18.3 Å². The van der Waals surface area contributed by atoms with Crippen LogP contribution < -0.4 is 14.8 Å². The highest BCUT2D eigenvalue weighted by molar-refractivity contribution is 5.75. The molecule has 1 aliphatic heterocycles. The van der Waals surface area contributed by atoms with Crippen molar-refractivity contribution in [1.29, 1.82) is 0 Å². The maximum Gasteiger partial charge on any atom is 0.231 e. The van der Waals surface area contributed by atoms with Gasteiger partial charge in [0.05, 0.1) is 0 Å². The molecule has 5 heteroatoms. The Labute approximate surface area is 126 Å². The van der Waals surface area contributed by atoms with E-state index < -0.39 is 0 Å². The highest BCUT2D eigenvalue weighted by atomic mass is 16.7. The van der Waals surface area contributed by atoms with Gasteiger partial charge in [-0.2, -0.15) is 0 Å². The molecule has 1 amide bonds. The van der Waals surface area contributed by atoms with E-state index in [9.17, 15) is 4.79 Å². The lowest BCUT2D eigenvalue weighted by atomic mass is 10.1. The molecule has 0 aromatic heterocycles. The molecule has 116 valence electrons. The van der Waals surface area contributed by atoms with Gasteiger partial charge in [0, 0.05) is 33.1 Å². The second kappa shape index (κ2) is 7.31. The first kappa shape index (κ1) is 15.6. The average Bonchev–Trinajstić information content (AvgIpc) is 2.92. The molecule has 1 unspecified atom stereocenters. The summed E-state index contributed by atoms with van der Waals surface area (Å²) in [5.41, 5.74) is 1.25. The zero-order chi connectivity index (χ0) is 15.2. The van der Waals surface area contributed by atoms with Gasteiger partial charge in [-0.05, 0) is 37.5 Å². The molecule has 0 aliphatic carbocycles. The molecule has 0 saturated heterocycles. The van der Waals surface area contributed by atoms with E-state index in [0.29, 0.717) is 19.3 Å². The van der Waals surface area contributed by atoms with E-state index in [-0.39, 0.29) is 5.91 Å². The number of ether oxygens (including phenoxy) is 2. The van der Waals surface area contributed by atoms with Crippen LogP contribution in [0.25, 0.3) is 0 Å². The molecule has 21 heavy (non-hydrogen) atoms. The van der Waals surface area contributed by atoms with Gasteiger partial charge in [0.25, 0.3) is 0 Å². The molecule has 5 nitrogen and oxygen atoms in total. The molecule has 0 bridgehead atoms. The maximum atomic E-state index is 11.5. The van der Waals surface area contributed by atoms with Crippen molar-refractivity contribution in [3.05, 3.63) is 23.8 Å². The third kappa shape index (κ3) is 4.63. The van der Waals surface area contributed by atoms with Crippen LogP contribution in [0, 0.1) is 0 Å². The van der Waals surface area contributed by atoms with Gasteiger partial charge in [-0.1, -0.05) is 6.07 Å². The number of rotatable bonds is 7. The van der Waals surface area contributed by atoms with Crippen LogP contribution >= 0.6 is 0 Å². The van der Waals surface area contributed by atoms with Gasteiger partial charge in [-0.25, -0.2) is 0 Å². The van der Waals surface area contributed by atoms with Gasteiger partial charge in [-0.3, -0.25) is 4.79 Å². The minimum atomic E-state index is 0.158. The summed E-state index contributed by atoms with van der Waals surface area (Å²) in [4.78, 5) is 13.1. The third-order valence-corrected chi connectivity index (χ3v) is 3.63. The van der Waals surface area contributed by atoms with Crippen LogP contribution in [0.5, 0.6) is 11.5 Å². The minimum Gasteiger partial charge on any atom is -0.454 e. The lowest BCUT2D eigenvalue weighted by Gasteiger charge is -2.15. The van der Waals surface area contributed by atoms with Gasteiger partial charge < -0.3 is 19.7 Å². The summed E-state index contributed by atoms with van der Waals surface area (Å²) in [7, 11) is 3.57. The first-order chi connectivity index (χ1) is 10.1. The van der Waals surface area contributed by atoms with E-state index >= 15 is 0 Å². The number of aryl methyl sites for hydroxylation is 1. The molecular formula is C16H24N2O3. The van der Waals surface area contributed by atoms with Crippen molar-refractivity contribution in [2.45, 2.75) is 32.2 Å². The molecule has 1 heterocycles. The van der Waals surface area contributed by atoms with Crippen LogP contribution in [-0.2, 0) is 11.2 Å². The van der Waals surface area contributed by atoms with Crippen LogP contribution in [0.15, 0.2) is 18.2 Å². The third-order valence-electron chi connectivity index (χ3n) is 3.63. The normalized spacial score (nSPS) is 14.0. The smallest absolute Gasteiger partial charge is 0.231 e. The summed E-state index contributed by atoms with van der Waals surface area (Å²) < 4.78 is 10.7. The Balaban J connectivity index is 1.69. The van der Waals surface area contributed by atoms with Crippen molar-refractivity contribution in [3.63, 3.8) is 0 Å². The van der Waals surface area contributed by atoms with Crippen LogP contribution in [-0.4, -0.2) is 44.3 Å². The highest BCUT2D eigenvalue weighted by Crippen LogP contribution is 2.32. The van der Waals surface area contributed by atoms with E-state index in [1.807, 2.05) is 12.1 Å². The largest absolute Gasteiger partial charge is 0.454 e. The van der Waals surface area contributed by atoms with Gasteiger partial charge in [0.1, 0.15) is 0 Å². The molecule has 1 aromatic carbocycles. The number of benzene rings is 1. The standard InChI is InChI=1S/C16H24N2O3/c1-12(17-9-8-16(19)18(2)3)4-5-13-6-7-14-15(10-13)21-11-20-14/h6-7,10,12,17H,4-5,8-9,11H2,1-3H3. The summed E-state index contributed by atoms with van der Waals surface area (Å²) >= 11 is 0. The van der Waals surface area contributed by atoms with Crippen molar-refractivity contribution in [3.8, 4) is 11.5 Å². The fourth-order valence-corrected chi connectivity index (χ4v) is 2.23. The SMILES string of the molecule is CC(CCc1ccc2c(c1)OCO2)NCCC(=O)N(C)C. The predicted molar refractivity (Wildman–Crippen MR) is 81.7 cm³/mol. The summed E-state index contributed by atoms with van der Waals surface area (Å²) in [5, 5.41) is 3.39. The van der Waals surface area contributed by atoms with Gasteiger partial charge in [0.15, 0.2) is 11.5 Å². The Hall–Kier alpha value is -1.75. The Morgan fingerprint density at radius 3 is 2.86 bits per heavy atom. The monoisotopic (exact) mass is 292 g/mol. The van der Waals surface area contributed by atoms with Crippen molar-refractivity contribution in [2.24, 2.45) is 0 Å². The van der Waals surface area contributed by atoms with E-state index in [1.165, 1.54) is 5.56 Å². The van der Waals surface area contributed by atoms with E-state index in [4.69, 9.17) is 9.47 Å². The molecule has 1 N–H and O–H groups in total. The molecule has 1 aromatic rings. The number of fused-ring (bicyclic) bond motifs is 1. The lowest BCUT2D eigenvalue weighted by molar-refractivity contribution is -0.128. The number of hydrogen-bond acceptors (Lipinski definition) is 4. The number of carbonyl (C=O) groups excluding carboxylic acids is 1. The lowest BCUT2D eigenvalue weighted by Crippen LogP contribution is -2.31. The first-order valence-corrected chi connectivity index (χ1v) is 7.38. The van der Waals surface area contributed by atoms with Gasteiger partial charge >= 0.3 is 0 Å². The van der Waals surface area contributed by atoms with Crippen LogP contribution in [0.1, 0.15) is 25.3 Å². The second-order valence-electron chi connectivity index (χ2n) is 5.62. The molecular weight excluding hydrogens is 268 g/mol. The summed E-state index contributed by atoms with van der Waals surface area (Å²) in [6.07, 6.45) is 2.55. The zero-order valence-electron chi connectivity index (χ0n) is 13.0. The number of amides is 1. The van der Waals surface area contributed by atoms with Crippen molar-refractivity contribution in [2.75, 3.05) is 27.4 Å². The van der Waals surface area contributed by atoms with Crippen LogP contribution in [0.3, 0.4) is 0 Å². The topological polar surface area (TPSA) is 50.8 Å². The molecule has 1 atom stereocenters. The van der Waals surface area contributed by atoms with Crippen LogP contribution in [0.2, 0.25) is 0 Å². The zero-order valence-corrected chi connectivity index (χ0v) is 13.0. The van der Waals surface area contributed by atoms with E-state index in [0.717, 1.165) is 30.9 Å². The fraction of sp³-hybridized carbons (Fsp3) is 0.562. The Morgan fingerprint density at radius 2 is 2.10 bits per heavy atom. The Morgan fingerprint density at radius 1 is 1.33 bits per heavy atom. The second-order valence-corrected chi connectivity index (χ2v) is 5.62. The van der Waals surface area contributed by atoms with Crippen molar-refractivity contribution < 1.29 is 14.3 Å². The van der Waals surface area contributed by atoms with E-state index in [1.54, 1.807) is 19.0 Å². The summed E-state index contributed by atoms with van der Waals surface area (Å²) in [6, 6.07) is 6.47. The average molecular weight is 292 g/mol. The molecule has 0 spiro atoms. The fourth-order valence-electron chi connectivity index (χ4n) is 2.23. The number of nitrogens with one attached hydrogen (secondary N) is 1. The van der Waals surface area contributed by atoms with Gasteiger partial charge in [0.2, 0.25) is 12.7 Å². The number of nitrogens with zero attached hydrogens (tertiary/aromatic N) is 1. The highest BCUT2D eigenvalue weighted by Gasteiger charge is 2.13. The van der Waals surface area contributed by atoms with Crippen LogP contribution in [0.4, 0.5) is 0 Å². The van der Waals surface area contributed by atoms with Gasteiger partial charge in [-0.15, -0.1) is 0 Å². The number of hydrogen-bond donors (Lipinski definition) is 1. The van der Waals surface area contributed by atoms with Crippen molar-refractivity contribution >= 4 is 5.91 Å². The Kier molecular flexibility index (Phi) is 5.44. The Bertz CT molecular complexity index is 488. The molecule has 1 aliphatic rings. The molecule has 0 saturated carbocycles. The molecule has 2 rings (SSSR count). The minimum absolute atomic E-state index is 0.158. The predicted octanol–water partition coefficient (Wildman–Crippen LogP) is 1.80. The summed E-state index contributed by atoms with van der Waals surface area (Å²) in [6.45, 7) is 3.18. The number of carbonyl (C=O) groups is 1. The first-order valence-electron chi connectivity index (χ1n) is 7.38.